The first kappa shape index (κ1) is 11.8. The maximum absolute atomic E-state index is 5.64. The summed E-state index contributed by atoms with van der Waals surface area (Å²) in [5, 5.41) is 5.97. The van der Waals surface area contributed by atoms with Crippen molar-refractivity contribution in [2.75, 3.05) is 5.32 Å². The molecule has 0 aliphatic heterocycles. The molecule has 1 N–H and O–H groups in total. The summed E-state index contributed by atoms with van der Waals surface area (Å²) in [6, 6.07) is 19.0. The van der Waals surface area contributed by atoms with Crippen LogP contribution in [0.2, 0.25) is 0 Å². The fourth-order valence-corrected chi connectivity index (χ4v) is 2.29. The molecule has 3 aromatic rings. The Morgan fingerprint density at radius 3 is 2.47 bits per heavy atom. The number of aryl methyl sites for hydroxylation is 1. The molecule has 0 aliphatic rings. The van der Waals surface area contributed by atoms with Crippen LogP contribution in [0.15, 0.2) is 59.0 Å². The van der Waals surface area contributed by atoms with Gasteiger partial charge in [-0.2, -0.15) is 0 Å². The van der Waals surface area contributed by atoms with E-state index >= 15 is 0 Å². The Morgan fingerprint density at radius 1 is 0.947 bits per heavy atom. The van der Waals surface area contributed by atoms with E-state index in [4.69, 9.17) is 4.42 Å². The normalized spacial score (nSPS) is 12.5. The highest BCUT2D eigenvalue weighted by atomic mass is 16.3. The van der Waals surface area contributed by atoms with Gasteiger partial charge in [0, 0.05) is 5.69 Å². The molecule has 1 atom stereocenters. The first-order valence-electron chi connectivity index (χ1n) is 6.54. The third-order valence-electron chi connectivity index (χ3n) is 3.32. The van der Waals surface area contributed by atoms with E-state index < -0.39 is 0 Å². The summed E-state index contributed by atoms with van der Waals surface area (Å²) in [7, 11) is 0. The van der Waals surface area contributed by atoms with Crippen molar-refractivity contribution in [3.05, 3.63) is 66.1 Å². The van der Waals surface area contributed by atoms with Gasteiger partial charge in [0.2, 0.25) is 0 Å². The first-order valence-corrected chi connectivity index (χ1v) is 6.54. The molecular formula is C17H17NO. The lowest BCUT2D eigenvalue weighted by molar-refractivity contribution is 0.467. The molecule has 0 aliphatic carbocycles. The molecule has 2 aromatic carbocycles. The zero-order valence-corrected chi connectivity index (χ0v) is 11.2. The van der Waals surface area contributed by atoms with E-state index in [1.807, 2.05) is 19.1 Å². The molecule has 96 valence electrons. The van der Waals surface area contributed by atoms with Crippen LogP contribution >= 0.6 is 0 Å². The Kier molecular flexibility index (Phi) is 3.00. The standard InChI is InChI=1S/C17H17NO/c1-12-7-10-17(19-12)13(2)18-16-9-8-14-5-3-4-6-15(14)11-16/h3-11,13,18H,1-2H3. The van der Waals surface area contributed by atoms with Crippen LogP contribution < -0.4 is 5.32 Å². The third-order valence-corrected chi connectivity index (χ3v) is 3.32. The molecular weight excluding hydrogens is 234 g/mol. The second kappa shape index (κ2) is 4.81. The van der Waals surface area contributed by atoms with Gasteiger partial charge in [0.15, 0.2) is 0 Å². The molecule has 0 spiro atoms. The number of hydrogen-bond acceptors (Lipinski definition) is 2. The van der Waals surface area contributed by atoms with Crippen molar-refractivity contribution in [2.24, 2.45) is 0 Å². The maximum Gasteiger partial charge on any atom is 0.126 e. The number of rotatable bonds is 3. The monoisotopic (exact) mass is 251 g/mol. The van der Waals surface area contributed by atoms with Gasteiger partial charge in [0.05, 0.1) is 6.04 Å². The molecule has 19 heavy (non-hydrogen) atoms. The molecule has 1 aromatic heterocycles. The van der Waals surface area contributed by atoms with E-state index in [9.17, 15) is 0 Å². The van der Waals surface area contributed by atoms with E-state index in [1.165, 1.54) is 10.8 Å². The molecule has 1 heterocycles. The quantitative estimate of drug-likeness (QED) is 0.715. The Bertz CT molecular complexity index is 699. The Labute approximate surface area is 113 Å². The van der Waals surface area contributed by atoms with Gasteiger partial charge in [-0.1, -0.05) is 30.3 Å². The van der Waals surface area contributed by atoms with Crippen LogP contribution in [0.3, 0.4) is 0 Å². The Hall–Kier alpha value is -2.22. The summed E-state index contributed by atoms with van der Waals surface area (Å²) in [6.45, 7) is 4.07. The summed E-state index contributed by atoms with van der Waals surface area (Å²) in [6.07, 6.45) is 0. The van der Waals surface area contributed by atoms with Crippen molar-refractivity contribution < 1.29 is 4.42 Å². The maximum atomic E-state index is 5.64. The van der Waals surface area contributed by atoms with Gasteiger partial charge in [-0.25, -0.2) is 0 Å². The number of hydrogen-bond donors (Lipinski definition) is 1. The molecule has 0 amide bonds. The molecule has 3 rings (SSSR count). The first-order chi connectivity index (χ1) is 9.22. The lowest BCUT2D eigenvalue weighted by Crippen LogP contribution is -2.05. The van der Waals surface area contributed by atoms with Crippen molar-refractivity contribution in [3.8, 4) is 0 Å². The number of fused-ring (bicyclic) bond motifs is 1. The van der Waals surface area contributed by atoms with Gasteiger partial charge in [0.1, 0.15) is 11.5 Å². The number of benzene rings is 2. The minimum atomic E-state index is 0.162. The van der Waals surface area contributed by atoms with Gasteiger partial charge in [-0.15, -0.1) is 0 Å². The van der Waals surface area contributed by atoms with Crippen molar-refractivity contribution in [2.45, 2.75) is 19.9 Å². The van der Waals surface area contributed by atoms with Crippen LogP contribution in [-0.2, 0) is 0 Å². The van der Waals surface area contributed by atoms with Gasteiger partial charge in [0.25, 0.3) is 0 Å². The highest BCUT2D eigenvalue weighted by Crippen LogP contribution is 2.24. The predicted octanol–water partition coefficient (Wildman–Crippen LogP) is 4.91. The van der Waals surface area contributed by atoms with Crippen LogP contribution in [0.5, 0.6) is 0 Å². The number of nitrogens with one attached hydrogen (secondary N) is 1. The van der Waals surface area contributed by atoms with Gasteiger partial charge >= 0.3 is 0 Å². The van der Waals surface area contributed by atoms with E-state index in [-0.39, 0.29) is 6.04 Å². The second-order valence-electron chi connectivity index (χ2n) is 4.88. The van der Waals surface area contributed by atoms with Crippen molar-refractivity contribution in [1.29, 1.82) is 0 Å². The topological polar surface area (TPSA) is 25.2 Å². The van der Waals surface area contributed by atoms with Crippen LogP contribution in [0.4, 0.5) is 5.69 Å². The van der Waals surface area contributed by atoms with Crippen molar-refractivity contribution >= 4 is 16.5 Å². The molecule has 0 saturated carbocycles. The van der Waals surface area contributed by atoms with Crippen LogP contribution in [0.1, 0.15) is 24.5 Å². The van der Waals surface area contributed by atoms with E-state index in [0.29, 0.717) is 0 Å². The highest BCUT2D eigenvalue weighted by Gasteiger charge is 2.09. The van der Waals surface area contributed by atoms with Crippen LogP contribution in [0, 0.1) is 6.92 Å². The highest BCUT2D eigenvalue weighted by molar-refractivity contribution is 5.85. The van der Waals surface area contributed by atoms with Gasteiger partial charge in [-0.3, -0.25) is 0 Å². The van der Waals surface area contributed by atoms with E-state index in [0.717, 1.165) is 17.2 Å². The summed E-state index contributed by atoms with van der Waals surface area (Å²) in [5.41, 5.74) is 1.11. The lowest BCUT2D eigenvalue weighted by Gasteiger charge is -2.13. The number of furan rings is 1. The summed E-state index contributed by atoms with van der Waals surface area (Å²) in [4.78, 5) is 0. The van der Waals surface area contributed by atoms with Gasteiger partial charge < -0.3 is 9.73 Å². The third kappa shape index (κ3) is 2.48. The van der Waals surface area contributed by atoms with E-state index in [1.54, 1.807) is 0 Å². The Balaban J connectivity index is 1.84. The van der Waals surface area contributed by atoms with Crippen molar-refractivity contribution in [1.82, 2.24) is 0 Å². The van der Waals surface area contributed by atoms with E-state index in [2.05, 4.69) is 54.7 Å². The largest absolute Gasteiger partial charge is 0.464 e. The molecule has 2 nitrogen and oxygen atoms in total. The zero-order valence-electron chi connectivity index (χ0n) is 11.2. The van der Waals surface area contributed by atoms with Crippen LogP contribution in [0.25, 0.3) is 10.8 Å². The summed E-state index contributed by atoms with van der Waals surface area (Å²) in [5.74, 6) is 1.91. The minimum absolute atomic E-state index is 0.162. The SMILES string of the molecule is Cc1ccc(C(C)Nc2ccc3ccccc3c2)o1. The summed E-state index contributed by atoms with van der Waals surface area (Å²) >= 11 is 0. The average molecular weight is 251 g/mol. The molecule has 0 fully saturated rings. The Morgan fingerprint density at radius 2 is 1.74 bits per heavy atom. The molecule has 2 heteroatoms. The smallest absolute Gasteiger partial charge is 0.126 e. The second-order valence-corrected chi connectivity index (χ2v) is 4.88. The average Bonchev–Trinajstić information content (AvgIpc) is 2.85. The van der Waals surface area contributed by atoms with Crippen LogP contribution in [-0.4, -0.2) is 0 Å². The fraction of sp³-hybridized carbons (Fsp3) is 0.176. The molecule has 0 radical (unpaired) electrons. The lowest BCUT2D eigenvalue weighted by atomic mass is 10.1. The summed E-state index contributed by atoms with van der Waals surface area (Å²) < 4.78 is 5.64. The van der Waals surface area contributed by atoms with Gasteiger partial charge in [-0.05, 0) is 48.9 Å². The predicted molar refractivity (Wildman–Crippen MR) is 79.4 cm³/mol. The fourth-order valence-electron chi connectivity index (χ4n) is 2.29. The minimum Gasteiger partial charge on any atom is -0.464 e. The molecule has 0 saturated heterocycles. The zero-order chi connectivity index (χ0) is 13.2. The molecule has 0 bridgehead atoms. The van der Waals surface area contributed by atoms with Crippen molar-refractivity contribution in [3.63, 3.8) is 0 Å². The molecule has 1 unspecified atom stereocenters. The number of anilines is 1.